The molecule has 0 saturated heterocycles. The Labute approximate surface area is 127 Å². The van der Waals surface area contributed by atoms with Crippen LogP contribution in [-0.4, -0.2) is 29.9 Å². The number of nitrogens with two attached hydrogens (primary N) is 1. The predicted molar refractivity (Wildman–Crippen MR) is 75.6 cm³/mol. The van der Waals surface area contributed by atoms with Crippen LogP contribution in [-0.2, 0) is 10.2 Å². The minimum atomic E-state index is -5.16. The zero-order valence-corrected chi connectivity index (χ0v) is 12.9. The molecular weight excluding hydrogens is 299 g/mol. The molecule has 1 rings (SSSR count). The van der Waals surface area contributed by atoms with Gasteiger partial charge in [-0.05, 0) is 18.4 Å². The molecule has 0 aliphatic heterocycles. The number of rotatable bonds is 5. The Morgan fingerprint density at radius 2 is 1.86 bits per heavy atom. The van der Waals surface area contributed by atoms with Gasteiger partial charge in [0.05, 0.1) is 7.11 Å². The lowest BCUT2D eigenvalue weighted by Crippen LogP contribution is -2.58. The number of amides is 1. The van der Waals surface area contributed by atoms with Crippen LogP contribution in [0.1, 0.15) is 31.4 Å². The molecule has 7 heteroatoms. The highest BCUT2D eigenvalue weighted by Crippen LogP contribution is 2.43. The van der Waals surface area contributed by atoms with E-state index < -0.39 is 29.5 Å². The molecule has 0 fully saturated rings. The zero-order valence-electron chi connectivity index (χ0n) is 12.9. The molecule has 22 heavy (non-hydrogen) atoms. The molecule has 0 heterocycles. The van der Waals surface area contributed by atoms with Gasteiger partial charge in [0.1, 0.15) is 5.75 Å². The smallest absolute Gasteiger partial charge is 0.426 e. The van der Waals surface area contributed by atoms with Gasteiger partial charge in [-0.3, -0.25) is 4.79 Å². The number of carbonyl (C=O) groups excluding carboxylic acids is 1. The summed E-state index contributed by atoms with van der Waals surface area (Å²) in [6, 6.07) is 5.04. The fourth-order valence-corrected chi connectivity index (χ4v) is 2.41. The zero-order chi connectivity index (χ0) is 17.3. The molecule has 1 amide bonds. The first-order valence-electron chi connectivity index (χ1n) is 6.59. The van der Waals surface area contributed by atoms with Crippen molar-refractivity contribution in [3.8, 4) is 5.75 Å². The molecule has 0 aliphatic carbocycles. The van der Waals surface area contributed by atoms with Crippen molar-refractivity contribution in [1.82, 2.24) is 0 Å². The van der Waals surface area contributed by atoms with Gasteiger partial charge < -0.3 is 15.6 Å². The van der Waals surface area contributed by atoms with Gasteiger partial charge in [0.15, 0.2) is 0 Å². The van der Waals surface area contributed by atoms with Gasteiger partial charge >= 0.3 is 6.18 Å². The first kappa shape index (κ1) is 18.3. The number of alkyl halides is 3. The number of aryl methyl sites for hydroxylation is 1. The molecule has 0 bridgehead atoms. The molecule has 1 aromatic rings. The van der Waals surface area contributed by atoms with Crippen LogP contribution in [0.15, 0.2) is 18.2 Å². The molecule has 3 N–H and O–H groups in total. The van der Waals surface area contributed by atoms with E-state index in [9.17, 15) is 23.1 Å². The Morgan fingerprint density at radius 3 is 2.27 bits per heavy atom. The fourth-order valence-electron chi connectivity index (χ4n) is 2.41. The highest BCUT2D eigenvalue weighted by Gasteiger charge is 2.60. The molecule has 1 atom stereocenters. The van der Waals surface area contributed by atoms with Crippen molar-refractivity contribution < 1.29 is 27.8 Å². The van der Waals surface area contributed by atoms with Crippen LogP contribution in [0.25, 0.3) is 0 Å². The Hall–Kier alpha value is -1.76. The van der Waals surface area contributed by atoms with E-state index in [1.165, 1.54) is 21.0 Å². The average Bonchev–Trinajstić information content (AvgIpc) is 2.36. The summed E-state index contributed by atoms with van der Waals surface area (Å²) in [5.74, 6) is -1.44. The van der Waals surface area contributed by atoms with Crippen LogP contribution in [0.4, 0.5) is 13.2 Å². The Bertz CT molecular complexity index is 570. The third-order valence-electron chi connectivity index (χ3n) is 3.66. The number of ether oxygens (including phenoxy) is 1. The number of aliphatic hydroxyl groups is 1. The molecule has 0 spiro atoms. The number of hydrogen-bond donors (Lipinski definition) is 2. The lowest BCUT2D eigenvalue weighted by atomic mass is 9.74. The van der Waals surface area contributed by atoms with Gasteiger partial charge in [0.25, 0.3) is 5.91 Å². The van der Waals surface area contributed by atoms with Gasteiger partial charge in [-0.1, -0.05) is 31.5 Å². The second-order valence-corrected chi connectivity index (χ2v) is 5.99. The summed E-state index contributed by atoms with van der Waals surface area (Å²) < 4.78 is 44.4. The topological polar surface area (TPSA) is 72.6 Å². The monoisotopic (exact) mass is 319 g/mol. The fraction of sp³-hybridized carbons (Fsp3) is 0.533. The van der Waals surface area contributed by atoms with Gasteiger partial charge in [-0.25, -0.2) is 0 Å². The summed E-state index contributed by atoms with van der Waals surface area (Å²) in [6.45, 7) is 4.76. The van der Waals surface area contributed by atoms with Crippen LogP contribution in [0.3, 0.4) is 0 Å². The third-order valence-corrected chi connectivity index (χ3v) is 3.66. The van der Waals surface area contributed by atoms with Crippen molar-refractivity contribution in [1.29, 1.82) is 0 Å². The maximum absolute atomic E-state index is 13.1. The van der Waals surface area contributed by atoms with E-state index in [0.29, 0.717) is 11.3 Å². The molecule has 1 aromatic carbocycles. The number of hydrogen-bond acceptors (Lipinski definition) is 3. The molecule has 124 valence electrons. The maximum Gasteiger partial charge on any atom is 0.426 e. The molecule has 0 aliphatic rings. The molecular formula is C15H20F3NO3. The lowest BCUT2D eigenvalue weighted by Gasteiger charge is -2.36. The largest absolute Gasteiger partial charge is 0.496 e. The Balaban J connectivity index is 3.36. The molecule has 0 saturated carbocycles. The van der Waals surface area contributed by atoms with E-state index in [1.807, 2.05) is 0 Å². The first-order chi connectivity index (χ1) is 9.85. The molecule has 0 aromatic heterocycles. The van der Waals surface area contributed by atoms with Crippen LogP contribution in [0.2, 0.25) is 0 Å². The van der Waals surface area contributed by atoms with E-state index in [2.05, 4.69) is 0 Å². The number of benzene rings is 1. The maximum atomic E-state index is 13.1. The summed E-state index contributed by atoms with van der Waals surface area (Å²) in [5, 5.41) is 9.81. The lowest BCUT2D eigenvalue weighted by molar-refractivity contribution is -0.255. The Kier molecular flexibility index (Phi) is 4.82. The molecule has 0 radical (unpaired) electrons. The Morgan fingerprint density at radius 1 is 1.32 bits per heavy atom. The van der Waals surface area contributed by atoms with E-state index in [1.54, 1.807) is 25.1 Å². The second-order valence-electron chi connectivity index (χ2n) is 5.99. The van der Waals surface area contributed by atoms with Gasteiger partial charge in [0, 0.05) is 12.0 Å². The van der Waals surface area contributed by atoms with Gasteiger partial charge in [-0.15, -0.1) is 0 Å². The van der Waals surface area contributed by atoms with Crippen LogP contribution in [0.5, 0.6) is 5.75 Å². The van der Waals surface area contributed by atoms with Gasteiger partial charge in [0.2, 0.25) is 5.60 Å². The SMILES string of the molecule is COc1ccc(C)cc1C(C)(C)CC(O)(C(N)=O)C(F)(F)F. The number of halogens is 3. The number of primary amides is 1. The van der Waals surface area contributed by atoms with E-state index in [-0.39, 0.29) is 0 Å². The summed E-state index contributed by atoms with van der Waals surface area (Å²) in [6.07, 6.45) is -6.06. The first-order valence-corrected chi connectivity index (χ1v) is 6.59. The predicted octanol–water partition coefficient (Wildman–Crippen LogP) is 2.45. The van der Waals surface area contributed by atoms with Crippen molar-refractivity contribution in [2.24, 2.45) is 5.73 Å². The summed E-state index contributed by atoms with van der Waals surface area (Å²) >= 11 is 0. The highest BCUT2D eigenvalue weighted by atomic mass is 19.4. The number of carbonyl (C=O) groups is 1. The van der Waals surface area contributed by atoms with E-state index in [4.69, 9.17) is 10.5 Å². The summed E-state index contributed by atoms with van der Waals surface area (Å²) in [4.78, 5) is 11.2. The average molecular weight is 319 g/mol. The quantitative estimate of drug-likeness (QED) is 0.875. The van der Waals surface area contributed by atoms with Crippen LogP contribution in [0, 0.1) is 6.92 Å². The number of methoxy groups -OCH3 is 1. The van der Waals surface area contributed by atoms with Crippen LogP contribution >= 0.6 is 0 Å². The van der Waals surface area contributed by atoms with Gasteiger partial charge in [-0.2, -0.15) is 13.2 Å². The van der Waals surface area contributed by atoms with Crippen molar-refractivity contribution in [2.45, 2.75) is 44.4 Å². The summed E-state index contributed by atoms with van der Waals surface area (Å²) in [7, 11) is 1.40. The highest BCUT2D eigenvalue weighted by molar-refractivity contribution is 5.84. The van der Waals surface area contributed by atoms with Crippen LogP contribution < -0.4 is 10.5 Å². The minimum Gasteiger partial charge on any atom is -0.496 e. The standard InChI is InChI=1S/C15H20F3NO3/c1-9-5-6-11(22-4)10(7-9)13(2,3)8-14(21,12(19)20)15(16,17)18/h5-7,21H,8H2,1-4H3,(H2,19,20). The normalized spacial score (nSPS) is 15.3. The van der Waals surface area contributed by atoms with Crippen molar-refractivity contribution >= 4 is 5.91 Å². The third kappa shape index (κ3) is 3.35. The van der Waals surface area contributed by atoms with E-state index >= 15 is 0 Å². The van der Waals surface area contributed by atoms with Crippen molar-refractivity contribution in [2.75, 3.05) is 7.11 Å². The molecule has 4 nitrogen and oxygen atoms in total. The van der Waals surface area contributed by atoms with E-state index in [0.717, 1.165) is 5.56 Å². The minimum absolute atomic E-state index is 0.379. The van der Waals surface area contributed by atoms with Crippen molar-refractivity contribution in [3.63, 3.8) is 0 Å². The van der Waals surface area contributed by atoms with Crippen molar-refractivity contribution in [3.05, 3.63) is 29.3 Å². The summed E-state index contributed by atoms with van der Waals surface area (Å²) in [5.41, 5.74) is 1.27. The molecule has 1 unspecified atom stereocenters. The second kappa shape index (κ2) is 5.79.